The van der Waals surface area contributed by atoms with Crippen molar-refractivity contribution in [2.24, 2.45) is 0 Å². The van der Waals surface area contributed by atoms with Crippen molar-refractivity contribution in [1.29, 1.82) is 0 Å². The molecule has 0 radical (unpaired) electrons. The largest absolute Gasteiger partial charge is 0.397 e. The molecular formula is C16H20N2. The monoisotopic (exact) mass is 240 g/mol. The van der Waals surface area contributed by atoms with Crippen LogP contribution in [-0.4, -0.2) is 0 Å². The van der Waals surface area contributed by atoms with E-state index in [2.05, 4.69) is 49.5 Å². The lowest BCUT2D eigenvalue weighted by molar-refractivity contribution is 0.610. The van der Waals surface area contributed by atoms with Crippen molar-refractivity contribution in [3.8, 4) is 0 Å². The van der Waals surface area contributed by atoms with Gasteiger partial charge in [0.15, 0.2) is 0 Å². The van der Waals surface area contributed by atoms with Gasteiger partial charge in [0.25, 0.3) is 0 Å². The lowest BCUT2D eigenvalue weighted by Gasteiger charge is -2.29. The fourth-order valence-corrected chi connectivity index (χ4v) is 2.06. The van der Waals surface area contributed by atoms with Crippen LogP contribution < -0.4 is 11.1 Å². The zero-order valence-electron chi connectivity index (χ0n) is 11.2. The van der Waals surface area contributed by atoms with Crippen LogP contribution in [0.3, 0.4) is 0 Å². The molecule has 0 saturated carbocycles. The highest BCUT2D eigenvalue weighted by atomic mass is 15.0. The van der Waals surface area contributed by atoms with Gasteiger partial charge >= 0.3 is 0 Å². The van der Waals surface area contributed by atoms with E-state index in [4.69, 9.17) is 5.73 Å². The summed E-state index contributed by atoms with van der Waals surface area (Å²) in [6.45, 7) is 6.35. The molecule has 2 aromatic rings. The van der Waals surface area contributed by atoms with E-state index in [0.717, 1.165) is 11.4 Å². The first-order valence-corrected chi connectivity index (χ1v) is 6.19. The smallest absolute Gasteiger partial charge is 0.0580 e. The summed E-state index contributed by atoms with van der Waals surface area (Å²) in [6, 6.07) is 16.5. The number of hydrogen-bond donors (Lipinski definition) is 2. The van der Waals surface area contributed by atoms with Crippen LogP contribution in [0.4, 0.5) is 11.4 Å². The molecule has 94 valence electrons. The van der Waals surface area contributed by atoms with Crippen molar-refractivity contribution < 1.29 is 0 Å². The normalized spacial score (nSPS) is 11.3. The average molecular weight is 240 g/mol. The SMILES string of the molecule is Cc1ccc(NC(C)(C)c2ccccc2)c(N)c1. The Labute approximate surface area is 109 Å². The van der Waals surface area contributed by atoms with Gasteiger partial charge in [0, 0.05) is 0 Å². The third-order valence-electron chi connectivity index (χ3n) is 3.15. The van der Waals surface area contributed by atoms with Crippen molar-refractivity contribution in [1.82, 2.24) is 0 Å². The van der Waals surface area contributed by atoms with Crippen molar-refractivity contribution in [2.45, 2.75) is 26.3 Å². The predicted octanol–water partition coefficient (Wildman–Crippen LogP) is 3.92. The van der Waals surface area contributed by atoms with Crippen LogP contribution >= 0.6 is 0 Å². The van der Waals surface area contributed by atoms with Crippen LogP contribution in [0.25, 0.3) is 0 Å². The molecule has 0 atom stereocenters. The maximum atomic E-state index is 6.04. The molecule has 0 amide bonds. The summed E-state index contributed by atoms with van der Waals surface area (Å²) >= 11 is 0. The van der Waals surface area contributed by atoms with Gasteiger partial charge in [-0.05, 0) is 44.0 Å². The molecule has 2 heteroatoms. The van der Waals surface area contributed by atoms with Crippen molar-refractivity contribution >= 4 is 11.4 Å². The molecule has 0 spiro atoms. The minimum atomic E-state index is -0.148. The summed E-state index contributed by atoms with van der Waals surface area (Å²) in [5, 5.41) is 3.51. The Morgan fingerprint density at radius 2 is 1.67 bits per heavy atom. The highest BCUT2D eigenvalue weighted by molar-refractivity contribution is 5.68. The third-order valence-corrected chi connectivity index (χ3v) is 3.15. The molecular weight excluding hydrogens is 220 g/mol. The maximum Gasteiger partial charge on any atom is 0.0580 e. The molecule has 0 aliphatic carbocycles. The fraction of sp³-hybridized carbons (Fsp3) is 0.250. The van der Waals surface area contributed by atoms with E-state index in [9.17, 15) is 0 Å². The molecule has 0 saturated heterocycles. The zero-order valence-corrected chi connectivity index (χ0v) is 11.2. The molecule has 2 nitrogen and oxygen atoms in total. The number of aryl methyl sites for hydroxylation is 1. The Bertz CT molecular complexity index is 530. The molecule has 18 heavy (non-hydrogen) atoms. The summed E-state index contributed by atoms with van der Waals surface area (Å²) in [5.41, 5.74) is 10.1. The minimum absolute atomic E-state index is 0.148. The quantitative estimate of drug-likeness (QED) is 0.798. The number of nitrogens with one attached hydrogen (secondary N) is 1. The second-order valence-corrected chi connectivity index (χ2v) is 5.21. The first kappa shape index (κ1) is 12.5. The molecule has 0 bridgehead atoms. The van der Waals surface area contributed by atoms with Crippen LogP contribution in [0, 0.1) is 6.92 Å². The number of rotatable bonds is 3. The number of nitrogen functional groups attached to an aromatic ring is 1. The molecule has 0 aromatic heterocycles. The molecule has 0 fully saturated rings. The molecule has 0 aliphatic heterocycles. The average Bonchev–Trinajstić information content (AvgIpc) is 2.34. The molecule has 2 rings (SSSR count). The van der Waals surface area contributed by atoms with E-state index >= 15 is 0 Å². The summed E-state index contributed by atoms with van der Waals surface area (Å²) in [6.07, 6.45) is 0. The van der Waals surface area contributed by atoms with Gasteiger partial charge in [-0.2, -0.15) is 0 Å². The Balaban J connectivity index is 2.28. The highest BCUT2D eigenvalue weighted by Crippen LogP contribution is 2.29. The number of benzene rings is 2. The molecule has 3 N–H and O–H groups in total. The Kier molecular flexibility index (Phi) is 3.28. The van der Waals surface area contributed by atoms with Gasteiger partial charge in [-0.15, -0.1) is 0 Å². The van der Waals surface area contributed by atoms with Crippen molar-refractivity contribution in [3.05, 3.63) is 59.7 Å². The topological polar surface area (TPSA) is 38.0 Å². The van der Waals surface area contributed by atoms with Gasteiger partial charge in [0.2, 0.25) is 0 Å². The molecule has 0 heterocycles. The zero-order chi connectivity index (χ0) is 13.2. The summed E-state index contributed by atoms with van der Waals surface area (Å²) < 4.78 is 0. The number of nitrogens with two attached hydrogens (primary N) is 1. The van der Waals surface area contributed by atoms with E-state index in [1.54, 1.807) is 0 Å². The standard InChI is InChI=1S/C16H20N2/c1-12-9-10-15(14(17)11-12)18-16(2,3)13-7-5-4-6-8-13/h4-11,18H,17H2,1-3H3. The molecule has 2 aromatic carbocycles. The van der Waals surface area contributed by atoms with E-state index in [1.165, 1.54) is 11.1 Å². The lowest BCUT2D eigenvalue weighted by atomic mass is 9.94. The predicted molar refractivity (Wildman–Crippen MR) is 78.7 cm³/mol. The summed E-state index contributed by atoms with van der Waals surface area (Å²) in [4.78, 5) is 0. The van der Waals surface area contributed by atoms with Gasteiger partial charge in [-0.25, -0.2) is 0 Å². The van der Waals surface area contributed by atoms with Crippen molar-refractivity contribution in [2.75, 3.05) is 11.1 Å². The minimum Gasteiger partial charge on any atom is -0.397 e. The first-order chi connectivity index (χ1) is 8.49. The highest BCUT2D eigenvalue weighted by Gasteiger charge is 2.20. The lowest BCUT2D eigenvalue weighted by Crippen LogP contribution is -2.28. The van der Waals surface area contributed by atoms with Gasteiger partial charge in [0.1, 0.15) is 0 Å². The third kappa shape index (κ3) is 2.65. The molecule has 0 aliphatic rings. The van der Waals surface area contributed by atoms with E-state index in [0.29, 0.717) is 0 Å². The van der Waals surface area contributed by atoms with E-state index in [1.807, 2.05) is 25.1 Å². The van der Waals surface area contributed by atoms with Gasteiger partial charge in [0.05, 0.1) is 16.9 Å². The summed E-state index contributed by atoms with van der Waals surface area (Å²) in [5.74, 6) is 0. The number of anilines is 2. The van der Waals surface area contributed by atoms with Gasteiger partial charge in [-0.1, -0.05) is 36.4 Å². The van der Waals surface area contributed by atoms with Crippen LogP contribution in [-0.2, 0) is 5.54 Å². The van der Waals surface area contributed by atoms with E-state index in [-0.39, 0.29) is 5.54 Å². The fourth-order valence-electron chi connectivity index (χ4n) is 2.06. The van der Waals surface area contributed by atoms with Crippen molar-refractivity contribution in [3.63, 3.8) is 0 Å². The number of hydrogen-bond acceptors (Lipinski definition) is 2. The van der Waals surface area contributed by atoms with Crippen LogP contribution in [0.1, 0.15) is 25.0 Å². The Hall–Kier alpha value is -1.96. The van der Waals surface area contributed by atoms with Crippen LogP contribution in [0.15, 0.2) is 48.5 Å². The van der Waals surface area contributed by atoms with Crippen LogP contribution in [0.5, 0.6) is 0 Å². The Morgan fingerprint density at radius 1 is 1.00 bits per heavy atom. The first-order valence-electron chi connectivity index (χ1n) is 6.19. The van der Waals surface area contributed by atoms with Crippen LogP contribution in [0.2, 0.25) is 0 Å². The molecule has 0 unspecified atom stereocenters. The van der Waals surface area contributed by atoms with Gasteiger partial charge in [-0.3, -0.25) is 0 Å². The van der Waals surface area contributed by atoms with Gasteiger partial charge < -0.3 is 11.1 Å². The second kappa shape index (κ2) is 4.73. The van der Waals surface area contributed by atoms with E-state index < -0.39 is 0 Å². The summed E-state index contributed by atoms with van der Waals surface area (Å²) in [7, 11) is 0. The maximum absolute atomic E-state index is 6.04. The second-order valence-electron chi connectivity index (χ2n) is 5.21. The Morgan fingerprint density at radius 3 is 2.28 bits per heavy atom.